The predicted molar refractivity (Wildman–Crippen MR) is 59.9 cm³/mol. The molecule has 0 aliphatic rings. The molecule has 0 fully saturated rings. The van der Waals surface area contributed by atoms with Gasteiger partial charge in [-0.15, -0.1) is 0 Å². The van der Waals surface area contributed by atoms with E-state index < -0.39 is 11.7 Å². The summed E-state index contributed by atoms with van der Waals surface area (Å²) in [5, 5.41) is 3.68. The smallest absolute Gasteiger partial charge is 0.332 e. The Bertz CT molecular complexity index is 548. The van der Waals surface area contributed by atoms with Crippen LogP contribution in [0.4, 0.5) is 13.2 Å². The van der Waals surface area contributed by atoms with Crippen molar-refractivity contribution < 1.29 is 17.7 Å². The molecule has 2 heterocycles. The highest BCUT2D eigenvalue weighted by Crippen LogP contribution is 2.29. The van der Waals surface area contributed by atoms with Crippen LogP contribution in [-0.4, -0.2) is 21.2 Å². The second kappa shape index (κ2) is 4.96. The maximum atomic E-state index is 12.4. The van der Waals surface area contributed by atoms with Crippen molar-refractivity contribution in [3.05, 3.63) is 29.7 Å². The number of aromatic nitrogens is 3. The molecule has 2 aromatic rings. The van der Waals surface area contributed by atoms with E-state index in [1.807, 2.05) is 0 Å². The van der Waals surface area contributed by atoms with Gasteiger partial charge in [0.1, 0.15) is 5.69 Å². The minimum atomic E-state index is -4.42. The normalized spacial score (nSPS) is 13.5. The Morgan fingerprint density at radius 3 is 2.63 bits per heavy atom. The molecule has 2 rings (SSSR count). The van der Waals surface area contributed by atoms with Crippen LogP contribution in [0.2, 0.25) is 0 Å². The Labute approximate surface area is 106 Å². The van der Waals surface area contributed by atoms with E-state index in [1.54, 1.807) is 6.92 Å². The monoisotopic (exact) mass is 272 g/mol. The van der Waals surface area contributed by atoms with E-state index in [9.17, 15) is 13.2 Å². The summed E-state index contributed by atoms with van der Waals surface area (Å²) >= 11 is 0. The lowest BCUT2D eigenvalue weighted by atomic mass is 10.2. The molecule has 1 unspecified atom stereocenters. The number of alkyl halides is 3. The largest absolute Gasteiger partial charge is 0.417 e. The third-order valence-electron chi connectivity index (χ3n) is 2.28. The van der Waals surface area contributed by atoms with Crippen molar-refractivity contribution in [2.45, 2.75) is 25.6 Å². The van der Waals surface area contributed by atoms with Crippen LogP contribution in [0.15, 0.2) is 22.9 Å². The Hall–Kier alpha value is -1.96. The number of rotatable bonds is 3. The van der Waals surface area contributed by atoms with Gasteiger partial charge in [0.25, 0.3) is 5.89 Å². The van der Waals surface area contributed by atoms with E-state index in [1.165, 1.54) is 6.07 Å². The highest BCUT2D eigenvalue weighted by Gasteiger charge is 2.30. The SMILES string of the molecule is CC(N)Cc1noc(-c2ccc(C(F)(F)F)cn2)n1. The Morgan fingerprint density at radius 2 is 2.11 bits per heavy atom. The first-order chi connectivity index (χ1) is 8.86. The van der Waals surface area contributed by atoms with Crippen LogP contribution < -0.4 is 5.73 Å². The Morgan fingerprint density at radius 1 is 1.37 bits per heavy atom. The molecule has 102 valence electrons. The van der Waals surface area contributed by atoms with Gasteiger partial charge in [-0.3, -0.25) is 4.98 Å². The topological polar surface area (TPSA) is 77.8 Å². The summed E-state index contributed by atoms with van der Waals surface area (Å²) in [6, 6.07) is 1.97. The summed E-state index contributed by atoms with van der Waals surface area (Å²) in [5.41, 5.74) is 4.94. The molecule has 19 heavy (non-hydrogen) atoms. The first-order valence-electron chi connectivity index (χ1n) is 5.48. The molecule has 0 radical (unpaired) electrons. The first-order valence-corrected chi connectivity index (χ1v) is 5.48. The van der Waals surface area contributed by atoms with E-state index in [2.05, 4.69) is 15.1 Å². The van der Waals surface area contributed by atoms with Crippen LogP contribution in [0.5, 0.6) is 0 Å². The highest BCUT2D eigenvalue weighted by molar-refractivity contribution is 5.46. The van der Waals surface area contributed by atoms with Crippen molar-refractivity contribution in [3.8, 4) is 11.6 Å². The molecule has 0 aromatic carbocycles. The van der Waals surface area contributed by atoms with Crippen molar-refractivity contribution in [2.24, 2.45) is 5.73 Å². The fraction of sp³-hybridized carbons (Fsp3) is 0.364. The molecule has 1 atom stereocenters. The minimum Gasteiger partial charge on any atom is -0.332 e. The Kier molecular flexibility index (Phi) is 3.52. The molecule has 0 aliphatic heterocycles. The lowest BCUT2D eigenvalue weighted by molar-refractivity contribution is -0.137. The number of halogens is 3. The molecule has 0 saturated heterocycles. The number of hydrogen-bond donors (Lipinski definition) is 1. The third kappa shape index (κ3) is 3.28. The van der Waals surface area contributed by atoms with Crippen LogP contribution in [0.3, 0.4) is 0 Å². The second-order valence-electron chi connectivity index (χ2n) is 4.13. The number of pyridine rings is 1. The molecule has 8 heteroatoms. The van der Waals surface area contributed by atoms with E-state index in [-0.39, 0.29) is 17.6 Å². The van der Waals surface area contributed by atoms with Crippen LogP contribution in [0.1, 0.15) is 18.3 Å². The fourth-order valence-corrected chi connectivity index (χ4v) is 1.42. The van der Waals surface area contributed by atoms with Gasteiger partial charge in [-0.1, -0.05) is 5.16 Å². The summed E-state index contributed by atoms with van der Waals surface area (Å²) < 4.78 is 42.0. The second-order valence-corrected chi connectivity index (χ2v) is 4.13. The molecular weight excluding hydrogens is 261 g/mol. The van der Waals surface area contributed by atoms with E-state index in [4.69, 9.17) is 10.3 Å². The average Bonchev–Trinajstić information content (AvgIpc) is 2.75. The van der Waals surface area contributed by atoms with Crippen molar-refractivity contribution in [1.29, 1.82) is 0 Å². The first kappa shape index (κ1) is 13.5. The van der Waals surface area contributed by atoms with Crippen molar-refractivity contribution >= 4 is 0 Å². The zero-order chi connectivity index (χ0) is 14.0. The van der Waals surface area contributed by atoms with E-state index in [0.29, 0.717) is 12.2 Å². The standard InChI is InChI=1S/C11H11F3N4O/c1-6(15)4-9-17-10(19-18-9)8-3-2-7(5-16-8)11(12,13)14/h2-3,5-6H,4,15H2,1H3. The quantitative estimate of drug-likeness (QED) is 0.925. The number of nitrogens with two attached hydrogens (primary N) is 1. The molecule has 5 nitrogen and oxygen atoms in total. The zero-order valence-electron chi connectivity index (χ0n) is 9.98. The van der Waals surface area contributed by atoms with Gasteiger partial charge < -0.3 is 10.3 Å². The summed E-state index contributed by atoms with van der Waals surface area (Å²) in [7, 11) is 0. The van der Waals surface area contributed by atoms with Gasteiger partial charge in [-0.2, -0.15) is 18.2 Å². The van der Waals surface area contributed by atoms with Gasteiger partial charge in [0.2, 0.25) is 0 Å². The van der Waals surface area contributed by atoms with Crippen molar-refractivity contribution in [2.75, 3.05) is 0 Å². The molecule has 0 saturated carbocycles. The molecular formula is C11H11F3N4O. The third-order valence-corrected chi connectivity index (χ3v) is 2.28. The zero-order valence-corrected chi connectivity index (χ0v) is 9.98. The predicted octanol–water partition coefficient (Wildman–Crippen LogP) is 2.04. The molecule has 0 spiro atoms. The summed E-state index contributed by atoms with van der Waals surface area (Å²) in [4.78, 5) is 7.67. The number of hydrogen-bond acceptors (Lipinski definition) is 5. The maximum Gasteiger partial charge on any atom is 0.417 e. The molecule has 2 N–H and O–H groups in total. The summed E-state index contributed by atoms with van der Waals surface area (Å²) in [6.07, 6.45) is -3.27. The lowest BCUT2D eigenvalue weighted by Crippen LogP contribution is -2.18. The van der Waals surface area contributed by atoms with Gasteiger partial charge in [-0.25, -0.2) is 0 Å². The summed E-state index contributed by atoms with van der Waals surface area (Å²) in [5.74, 6) is 0.469. The fourth-order valence-electron chi connectivity index (χ4n) is 1.42. The van der Waals surface area contributed by atoms with Gasteiger partial charge in [0.05, 0.1) is 5.56 Å². The lowest BCUT2D eigenvalue weighted by Gasteiger charge is -2.05. The van der Waals surface area contributed by atoms with Crippen LogP contribution in [0.25, 0.3) is 11.6 Å². The Balaban J connectivity index is 2.20. The molecule has 2 aromatic heterocycles. The van der Waals surface area contributed by atoms with Gasteiger partial charge >= 0.3 is 6.18 Å². The molecule has 0 aliphatic carbocycles. The molecule has 0 bridgehead atoms. The summed E-state index contributed by atoms with van der Waals surface area (Å²) in [6.45, 7) is 1.78. The van der Waals surface area contributed by atoms with E-state index >= 15 is 0 Å². The van der Waals surface area contributed by atoms with Crippen molar-refractivity contribution in [1.82, 2.24) is 15.1 Å². The van der Waals surface area contributed by atoms with Crippen molar-refractivity contribution in [3.63, 3.8) is 0 Å². The van der Waals surface area contributed by atoms with Gasteiger partial charge in [-0.05, 0) is 19.1 Å². The highest BCUT2D eigenvalue weighted by atomic mass is 19.4. The molecule has 0 amide bonds. The average molecular weight is 272 g/mol. The maximum absolute atomic E-state index is 12.4. The number of nitrogens with zero attached hydrogens (tertiary/aromatic N) is 3. The van der Waals surface area contributed by atoms with E-state index in [0.717, 1.165) is 12.3 Å². The minimum absolute atomic E-state index is 0.0735. The van der Waals surface area contributed by atoms with Gasteiger partial charge in [0.15, 0.2) is 5.82 Å². The van der Waals surface area contributed by atoms with Crippen LogP contribution in [0, 0.1) is 0 Å². The van der Waals surface area contributed by atoms with Crippen LogP contribution in [-0.2, 0) is 12.6 Å². The van der Waals surface area contributed by atoms with Gasteiger partial charge in [0, 0.05) is 18.7 Å². The van der Waals surface area contributed by atoms with Crippen LogP contribution >= 0.6 is 0 Å².